The highest BCUT2D eigenvalue weighted by Crippen LogP contribution is 2.46. The van der Waals surface area contributed by atoms with Gasteiger partial charge >= 0.3 is 5.97 Å². The summed E-state index contributed by atoms with van der Waals surface area (Å²) in [5.41, 5.74) is 1.16. The van der Waals surface area contributed by atoms with E-state index in [2.05, 4.69) is 16.0 Å². The Morgan fingerprint density at radius 2 is 2.15 bits per heavy atom. The van der Waals surface area contributed by atoms with E-state index in [0.717, 1.165) is 25.9 Å². The van der Waals surface area contributed by atoms with Crippen LogP contribution in [0.25, 0.3) is 0 Å². The molecule has 4 N–H and O–H groups in total. The van der Waals surface area contributed by atoms with Crippen LogP contribution in [0.4, 0.5) is 15.8 Å². The smallest absolute Gasteiger partial charge is 0.308 e. The van der Waals surface area contributed by atoms with Crippen LogP contribution in [-0.4, -0.2) is 40.2 Å². The van der Waals surface area contributed by atoms with Gasteiger partial charge in [-0.2, -0.15) is 0 Å². The molecule has 0 saturated carbocycles. The summed E-state index contributed by atoms with van der Waals surface area (Å²) in [6.07, 6.45) is 1.88. The van der Waals surface area contributed by atoms with Crippen molar-refractivity contribution in [3.05, 3.63) is 24.0 Å². The van der Waals surface area contributed by atoms with Crippen LogP contribution in [0.2, 0.25) is 0 Å². The summed E-state index contributed by atoms with van der Waals surface area (Å²) in [4.78, 5) is 23.2. The number of carbonyl (C=O) groups is 2. The second kappa shape index (κ2) is 7.84. The number of anilines is 2. The standard InChI is InChI=1S/C18H24FN3O3S/c1-2-3-15(23)17(11-6-7-20-10-11)26-18(9-16(24)25)21-13-5-4-12(19)8-14(13)22-18/h4-5,8,11,17,20-22H,2-3,6-7,9-10H2,1H3,(H,24,25). The molecule has 2 aliphatic rings. The molecule has 3 atom stereocenters. The molecule has 2 heterocycles. The number of Topliss-reactive ketones (excluding diaryl/α,β-unsaturated/α-hetero) is 1. The van der Waals surface area contributed by atoms with Gasteiger partial charge in [0.05, 0.1) is 23.0 Å². The van der Waals surface area contributed by atoms with Crippen molar-refractivity contribution in [2.75, 3.05) is 23.7 Å². The zero-order valence-corrected chi connectivity index (χ0v) is 15.5. The van der Waals surface area contributed by atoms with Crippen molar-refractivity contribution >= 4 is 34.9 Å². The summed E-state index contributed by atoms with van der Waals surface area (Å²) in [5.74, 6) is -1.08. The van der Waals surface area contributed by atoms with Crippen molar-refractivity contribution in [2.24, 2.45) is 5.92 Å². The molecule has 8 heteroatoms. The van der Waals surface area contributed by atoms with Crippen LogP contribution >= 0.6 is 11.8 Å². The van der Waals surface area contributed by atoms with Gasteiger partial charge in [-0.05, 0) is 50.0 Å². The molecule has 0 aromatic heterocycles. The predicted octanol–water partition coefficient (Wildman–Crippen LogP) is 2.87. The van der Waals surface area contributed by atoms with Crippen molar-refractivity contribution in [3.63, 3.8) is 0 Å². The monoisotopic (exact) mass is 381 g/mol. The minimum atomic E-state index is -1.07. The maximum Gasteiger partial charge on any atom is 0.308 e. The summed E-state index contributed by atoms with van der Waals surface area (Å²) in [6.45, 7) is 3.57. The van der Waals surface area contributed by atoms with Gasteiger partial charge in [0.15, 0.2) is 4.99 Å². The molecule has 3 rings (SSSR count). The molecular formula is C18H24FN3O3S. The van der Waals surface area contributed by atoms with E-state index in [0.29, 0.717) is 17.8 Å². The average molecular weight is 381 g/mol. The number of fused-ring (bicyclic) bond motifs is 1. The number of thioether (sulfide) groups is 1. The fourth-order valence-corrected chi connectivity index (χ4v) is 5.21. The van der Waals surface area contributed by atoms with Gasteiger partial charge in [0.25, 0.3) is 0 Å². The highest BCUT2D eigenvalue weighted by atomic mass is 32.2. The number of carboxylic acid groups (broad SMARTS) is 1. The van der Waals surface area contributed by atoms with E-state index < -0.39 is 16.8 Å². The summed E-state index contributed by atoms with van der Waals surface area (Å²) < 4.78 is 13.6. The van der Waals surface area contributed by atoms with Crippen LogP contribution in [0.3, 0.4) is 0 Å². The SMILES string of the molecule is CCCC(=O)C(SC1(CC(=O)O)Nc2ccc(F)cc2N1)C1CCNC1. The molecule has 1 aromatic carbocycles. The van der Waals surface area contributed by atoms with Crippen molar-refractivity contribution in [2.45, 2.75) is 42.9 Å². The Kier molecular flexibility index (Phi) is 5.72. The third-order valence-corrected chi connectivity index (χ3v) is 6.38. The molecule has 6 nitrogen and oxygen atoms in total. The molecule has 0 bridgehead atoms. The van der Waals surface area contributed by atoms with E-state index >= 15 is 0 Å². The third kappa shape index (κ3) is 4.12. The van der Waals surface area contributed by atoms with E-state index in [1.54, 1.807) is 6.07 Å². The Bertz CT molecular complexity index is 696. The minimum Gasteiger partial charge on any atom is -0.481 e. The van der Waals surface area contributed by atoms with E-state index in [9.17, 15) is 19.1 Å². The molecule has 2 aliphatic heterocycles. The number of nitrogens with one attached hydrogen (secondary N) is 3. The van der Waals surface area contributed by atoms with Gasteiger partial charge in [-0.3, -0.25) is 9.59 Å². The van der Waals surface area contributed by atoms with Crippen LogP contribution in [0.1, 0.15) is 32.6 Å². The summed E-state index contributed by atoms with van der Waals surface area (Å²) in [5, 5.41) is 18.7. The fourth-order valence-electron chi connectivity index (χ4n) is 3.56. The predicted molar refractivity (Wildman–Crippen MR) is 101 cm³/mol. The second-order valence-electron chi connectivity index (χ2n) is 6.85. The highest BCUT2D eigenvalue weighted by molar-refractivity contribution is 8.02. The summed E-state index contributed by atoms with van der Waals surface area (Å²) >= 11 is 1.32. The lowest BCUT2D eigenvalue weighted by atomic mass is 9.99. The van der Waals surface area contributed by atoms with E-state index in [1.807, 2.05) is 6.92 Å². The minimum absolute atomic E-state index is 0.140. The first kappa shape index (κ1) is 19.0. The fraction of sp³-hybridized carbons (Fsp3) is 0.556. The molecule has 1 saturated heterocycles. The van der Waals surface area contributed by atoms with Gasteiger partial charge in [0.1, 0.15) is 11.6 Å². The Morgan fingerprint density at radius 1 is 1.38 bits per heavy atom. The van der Waals surface area contributed by atoms with Crippen LogP contribution < -0.4 is 16.0 Å². The Labute approximate surface area is 156 Å². The van der Waals surface area contributed by atoms with Crippen molar-refractivity contribution < 1.29 is 19.1 Å². The number of rotatable bonds is 8. The van der Waals surface area contributed by atoms with Crippen LogP contribution in [-0.2, 0) is 9.59 Å². The van der Waals surface area contributed by atoms with Gasteiger partial charge in [0, 0.05) is 6.42 Å². The Morgan fingerprint density at radius 3 is 2.81 bits per heavy atom. The van der Waals surface area contributed by atoms with Gasteiger partial charge in [0.2, 0.25) is 0 Å². The lowest BCUT2D eigenvalue weighted by Gasteiger charge is -2.34. The molecule has 0 amide bonds. The van der Waals surface area contributed by atoms with Crippen LogP contribution in [0.5, 0.6) is 0 Å². The maximum atomic E-state index is 13.6. The highest BCUT2D eigenvalue weighted by Gasteiger charge is 2.45. The Hall–Kier alpha value is -1.80. The second-order valence-corrected chi connectivity index (χ2v) is 8.29. The molecule has 0 spiro atoms. The zero-order valence-electron chi connectivity index (χ0n) is 14.7. The molecule has 3 unspecified atom stereocenters. The van der Waals surface area contributed by atoms with Crippen molar-refractivity contribution in [1.82, 2.24) is 5.32 Å². The van der Waals surface area contributed by atoms with E-state index in [4.69, 9.17) is 0 Å². The molecule has 1 aromatic rings. The van der Waals surface area contributed by atoms with Crippen molar-refractivity contribution in [1.29, 1.82) is 0 Å². The number of hydrogen-bond donors (Lipinski definition) is 4. The lowest BCUT2D eigenvalue weighted by Crippen LogP contribution is -2.45. The summed E-state index contributed by atoms with van der Waals surface area (Å²) in [7, 11) is 0. The first-order valence-electron chi connectivity index (χ1n) is 8.91. The summed E-state index contributed by atoms with van der Waals surface area (Å²) in [6, 6.07) is 4.25. The molecule has 0 aliphatic carbocycles. The number of aliphatic carboxylic acids is 1. The topological polar surface area (TPSA) is 90.5 Å². The average Bonchev–Trinajstić information content (AvgIpc) is 3.19. The third-order valence-electron chi connectivity index (χ3n) is 4.72. The molecule has 26 heavy (non-hydrogen) atoms. The number of halogens is 1. The Balaban J connectivity index is 1.87. The van der Waals surface area contributed by atoms with E-state index in [1.165, 1.54) is 23.9 Å². The quantitative estimate of drug-likeness (QED) is 0.550. The molecule has 0 radical (unpaired) electrons. The van der Waals surface area contributed by atoms with Crippen LogP contribution in [0, 0.1) is 11.7 Å². The van der Waals surface area contributed by atoms with Gasteiger partial charge in [-0.15, -0.1) is 11.8 Å². The lowest BCUT2D eigenvalue weighted by molar-refractivity contribution is -0.137. The van der Waals surface area contributed by atoms with Gasteiger partial charge in [-0.25, -0.2) is 4.39 Å². The number of ketones is 1. The van der Waals surface area contributed by atoms with E-state index in [-0.39, 0.29) is 23.4 Å². The number of carboxylic acids is 1. The number of benzene rings is 1. The van der Waals surface area contributed by atoms with Gasteiger partial charge < -0.3 is 21.1 Å². The zero-order chi connectivity index (χ0) is 18.7. The van der Waals surface area contributed by atoms with Crippen molar-refractivity contribution in [3.8, 4) is 0 Å². The number of hydrogen-bond acceptors (Lipinski definition) is 6. The maximum absolute atomic E-state index is 13.6. The molecule has 142 valence electrons. The van der Waals surface area contributed by atoms with Crippen LogP contribution in [0.15, 0.2) is 18.2 Å². The first-order chi connectivity index (χ1) is 12.4. The largest absolute Gasteiger partial charge is 0.481 e. The normalized spacial score (nSPS) is 25.2. The molecular weight excluding hydrogens is 357 g/mol. The molecule has 1 fully saturated rings. The van der Waals surface area contributed by atoms with Gasteiger partial charge in [-0.1, -0.05) is 6.92 Å². The number of carbonyl (C=O) groups excluding carboxylic acids is 1. The first-order valence-corrected chi connectivity index (χ1v) is 9.79.